The third-order valence-electron chi connectivity index (χ3n) is 2.18. The average molecular weight is 340 g/mol. The number of carbonyl (C=O) groups is 2. The molecule has 0 aromatic heterocycles. The summed E-state index contributed by atoms with van der Waals surface area (Å²) in [6.45, 7) is 1.94. The molecule has 0 heterocycles. The molecular formula is C11H20N2O4S3. The lowest BCUT2D eigenvalue weighted by Gasteiger charge is -2.13. The summed E-state index contributed by atoms with van der Waals surface area (Å²) in [5.41, 5.74) is 0. The third-order valence-corrected chi connectivity index (χ3v) is 4.45. The highest BCUT2D eigenvalue weighted by Crippen LogP contribution is 2.05. The number of carbonyl (C=O) groups excluding carboxylic acids is 1. The summed E-state index contributed by atoms with van der Waals surface area (Å²) in [5, 5.41) is 14.2. The van der Waals surface area contributed by atoms with Gasteiger partial charge in [0, 0.05) is 42.0 Å². The van der Waals surface area contributed by atoms with Crippen molar-refractivity contribution in [2.24, 2.45) is 0 Å². The van der Waals surface area contributed by atoms with Gasteiger partial charge in [-0.25, -0.2) is 4.79 Å². The average Bonchev–Trinajstić information content (AvgIpc) is 2.32. The van der Waals surface area contributed by atoms with Crippen LogP contribution in [0.5, 0.6) is 0 Å². The van der Waals surface area contributed by atoms with Crippen molar-refractivity contribution >= 4 is 51.0 Å². The maximum atomic E-state index is 10.9. The van der Waals surface area contributed by atoms with Gasteiger partial charge in [-0.2, -0.15) is 0 Å². The first-order valence-electron chi connectivity index (χ1n) is 6.03. The van der Waals surface area contributed by atoms with Crippen LogP contribution in [0.4, 0.5) is 0 Å². The number of unbranched alkanes of at least 4 members (excludes halogenated alkanes) is 1. The van der Waals surface area contributed by atoms with Crippen LogP contribution in [-0.2, 0) is 20.4 Å². The summed E-state index contributed by atoms with van der Waals surface area (Å²) >= 11 is 6.24. The summed E-state index contributed by atoms with van der Waals surface area (Å²) in [5.74, 6) is -0.615. The zero-order valence-electron chi connectivity index (χ0n) is 11.5. The monoisotopic (exact) mass is 340 g/mol. The van der Waals surface area contributed by atoms with E-state index in [-0.39, 0.29) is 11.7 Å². The maximum absolute atomic E-state index is 10.9. The van der Waals surface area contributed by atoms with Gasteiger partial charge in [-0.3, -0.25) is 9.00 Å². The van der Waals surface area contributed by atoms with E-state index < -0.39 is 22.8 Å². The second-order valence-corrected chi connectivity index (χ2v) is 7.35. The Hall–Kier alpha value is -0.670. The number of carboxylic acid groups (broad SMARTS) is 1. The van der Waals surface area contributed by atoms with Crippen LogP contribution in [0.2, 0.25) is 0 Å². The van der Waals surface area contributed by atoms with Crippen molar-refractivity contribution in [2.75, 3.05) is 24.3 Å². The number of amides is 1. The number of rotatable bonds is 9. The number of aliphatic carboxylic acids is 1. The lowest BCUT2D eigenvalue weighted by Crippen LogP contribution is -2.42. The van der Waals surface area contributed by atoms with Crippen molar-refractivity contribution in [2.45, 2.75) is 25.8 Å². The Balaban J connectivity index is 3.82. The van der Waals surface area contributed by atoms with Gasteiger partial charge < -0.3 is 15.7 Å². The molecular weight excluding hydrogens is 320 g/mol. The van der Waals surface area contributed by atoms with Crippen LogP contribution < -0.4 is 10.6 Å². The zero-order chi connectivity index (χ0) is 15.5. The molecule has 116 valence electrons. The van der Waals surface area contributed by atoms with Crippen molar-refractivity contribution in [3.8, 4) is 0 Å². The van der Waals surface area contributed by atoms with Gasteiger partial charge in [0.05, 0.1) is 0 Å². The summed E-state index contributed by atoms with van der Waals surface area (Å²) in [4.78, 5) is 21.7. The lowest BCUT2D eigenvalue weighted by molar-refractivity contribution is -0.140. The molecule has 0 aromatic rings. The Bertz CT molecular complexity index is 377. The lowest BCUT2D eigenvalue weighted by atomic mass is 10.3. The normalized spacial score (nSPS) is 13.3. The molecule has 0 aromatic carbocycles. The SMILES string of the molecule is CC(=O)N[C@H](CSC(=S)NCCCC[S@@](C)=O)C(=O)O. The number of hydrogen-bond acceptors (Lipinski definition) is 5. The topological polar surface area (TPSA) is 95.5 Å². The third kappa shape index (κ3) is 11.2. The molecule has 3 N–H and O–H groups in total. The van der Waals surface area contributed by atoms with E-state index in [1.807, 2.05) is 0 Å². The first-order valence-corrected chi connectivity index (χ1v) is 9.15. The summed E-state index contributed by atoms with van der Waals surface area (Å²) in [6.07, 6.45) is 3.38. The van der Waals surface area contributed by atoms with Gasteiger partial charge in [0.2, 0.25) is 5.91 Å². The molecule has 0 rings (SSSR count). The summed E-state index contributed by atoms with van der Waals surface area (Å²) in [6, 6.07) is -0.945. The Morgan fingerprint density at radius 1 is 1.40 bits per heavy atom. The summed E-state index contributed by atoms with van der Waals surface area (Å²) < 4.78 is 11.3. The van der Waals surface area contributed by atoms with Gasteiger partial charge in [-0.15, -0.1) is 0 Å². The minimum Gasteiger partial charge on any atom is -0.480 e. The minimum atomic E-state index is -1.08. The zero-order valence-corrected chi connectivity index (χ0v) is 14.0. The Kier molecular flexibility index (Phi) is 10.7. The van der Waals surface area contributed by atoms with Crippen molar-refractivity contribution in [3.63, 3.8) is 0 Å². The molecule has 1 amide bonds. The van der Waals surface area contributed by atoms with Crippen LogP contribution in [0.25, 0.3) is 0 Å². The standard InChI is InChI=1S/C11H20N2O4S3/c1-8(14)13-9(10(15)16)7-19-11(18)12-5-3-4-6-20(2)17/h9H,3-7H2,1-2H3,(H,12,18)(H,13,14)(H,15,16)/t9-,20-/m1/s1. The largest absolute Gasteiger partial charge is 0.480 e. The van der Waals surface area contributed by atoms with Crippen molar-refractivity contribution < 1.29 is 18.9 Å². The van der Waals surface area contributed by atoms with Crippen molar-refractivity contribution in [1.29, 1.82) is 0 Å². The Morgan fingerprint density at radius 2 is 2.05 bits per heavy atom. The van der Waals surface area contributed by atoms with Gasteiger partial charge in [-0.1, -0.05) is 24.0 Å². The highest BCUT2D eigenvalue weighted by Gasteiger charge is 2.18. The fourth-order valence-electron chi connectivity index (χ4n) is 1.25. The van der Waals surface area contributed by atoms with Gasteiger partial charge in [0.25, 0.3) is 0 Å². The van der Waals surface area contributed by atoms with E-state index in [4.69, 9.17) is 17.3 Å². The van der Waals surface area contributed by atoms with Gasteiger partial charge >= 0.3 is 5.97 Å². The molecule has 2 atom stereocenters. The number of thiocarbonyl (C=S) groups is 1. The van der Waals surface area contributed by atoms with E-state index in [1.165, 1.54) is 18.7 Å². The van der Waals surface area contributed by atoms with Gasteiger partial charge in [-0.05, 0) is 12.8 Å². The number of hydrogen-bond donors (Lipinski definition) is 3. The molecule has 0 aliphatic rings. The highest BCUT2D eigenvalue weighted by atomic mass is 32.2. The Morgan fingerprint density at radius 3 is 2.55 bits per heavy atom. The molecule has 0 radical (unpaired) electrons. The van der Waals surface area contributed by atoms with Crippen LogP contribution >= 0.6 is 24.0 Å². The molecule has 20 heavy (non-hydrogen) atoms. The van der Waals surface area contributed by atoms with Gasteiger partial charge in [0.1, 0.15) is 10.4 Å². The van der Waals surface area contributed by atoms with Crippen LogP contribution in [0.1, 0.15) is 19.8 Å². The van der Waals surface area contributed by atoms with E-state index >= 15 is 0 Å². The smallest absolute Gasteiger partial charge is 0.327 e. The predicted molar refractivity (Wildman–Crippen MR) is 86.5 cm³/mol. The molecule has 0 saturated heterocycles. The number of thioether (sulfide) groups is 1. The Labute approximate surface area is 130 Å². The van der Waals surface area contributed by atoms with Crippen LogP contribution in [0, 0.1) is 0 Å². The van der Waals surface area contributed by atoms with Crippen LogP contribution in [-0.4, -0.2) is 55.9 Å². The second kappa shape index (κ2) is 11.0. The van der Waals surface area contributed by atoms with Gasteiger partial charge in [0.15, 0.2) is 0 Å². The fourth-order valence-corrected chi connectivity index (χ4v) is 2.92. The summed E-state index contributed by atoms with van der Waals surface area (Å²) in [7, 11) is -0.772. The number of carboxylic acids is 1. The van der Waals surface area contributed by atoms with E-state index in [2.05, 4.69) is 10.6 Å². The van der Waals surface area contributed by atoms with Crippen molar-refractivity contribution in [3.05, 3.63) is 0 Å². The molecule has 0 spiro atoms. The molecule has 6 nitrogen and oxygen atoms in total. The highest BCUT2D eigenvalue weighted by molar-refractivity contribution is 8.23. The second-order valence-electron chi connectivity index (χ2n) is 4.10. The molecule has 9 heteroatoms. The first kappa shape index (κ1) is 19.3. The first-order chi connectivity index (χ1) is 9.32. The molecule has 0 bridgehead atoms. The molecule has 0 fully saturated rings. The fraction of sp³-hybridized carbons (Fsp3) is 0.727. The minimum absolute atomic E-state index is 0.180. The predicted octanol–water partition coefficient (Wildman–Crippen LogP) is 0.342. The van der Waals surface area contributed by atoms with E-state index in [0.717, 1.165) is 12.8 Å². The van der Waals surface area contributed by atoms with Crippen molar-refractivity contribution in [1.82, 2.24) is 10.6 Å². The molecule has 0 aliphatic carbocycles. The maximum Gasteiger partial charge on any atom is 0.327 e. The number of nitrogens with one attached hydrogen (secondary N) is 2. The quantitative estimate of drug-likeness (QED) is 0.411. The van der Waals surface area contributed by atoms with Crippen LogP contribution in [0.3, 0.4) is 0 Å². The molecule has 0 saturated carbocycles. The van der Waals surface area contributed by atoms with E-state index in [0.29, 0.717) is 16.6 Å². The molecule has 0 unspecified atom stereocenters. The van der Waals surface area contributed by atoms with E-state index in [9.17, 15) is 13.8 Å². The molecule has 0 aliphatic heterocycles. The van der Waals surface area contributed by atoms with E-state index in [1.54, 1.807) is 6.26 Å². The van der Waals surface area contributed by atoms with Crippen LogP contribution in [0.15, 0.2) is 0 Å².